The van der Waals surface area contributed by atoms with Gasteiger partial charge in [0.25, 0.3) is 11.8 Å². The van der Waals surface area contributed by atoms with Crippen molar-refractivity contribution in [2.75, 3.05) is 6.61 Å². The van der Waals surface area contributed by atoms with Crippen LogP contribution in [0, 0.1) is 0 Å². The van der Waals surface area contributed by atoms with Gasteiger partial charge in [0, 0.05) is 23.8 Å². The Morgan fingerprint density at radius 3 is 2.00 bits per heavy atom. The largest absolute Gasteiger partial charge is 0.396 e. The molecule has 4 nitrogen and oxygen atoms in total. The molecule has 14 heavy (non-hydrogen) atoms. The Kier molecular flexibility index (Phi) is 3.06. The first-order valence-electron chi connectivity index (χ1n) is 4.67. The Morgan fingerprint density at radius 2 is 1.64 bits per heavy atom. The summed E-state index contributed by atoms with van der Waals surface area (Å²) in [7, 11) is 0. The quantitative estimate of drug-likeness (QED) is 0.669. The summed E-state index contributed by atoms with van der Waals surface area (Å²) in [6.07, 6.45) is 0.429. The summed E-state index contributed by atoms with van der Waals surface area (Å²) in [4.78, 5) is 24.4. The van der Waals surface area contributed by atoms with Crippen LogP contribution in [0.2, 0.25) is 0 Å². The maximum atomic E-state index is 11.6. The third-order valence-corrected chi connectivity index (χ3v) is 2.63. The van der Waals surface area contributed by atoms with Crippen molar-refractivity contribution in [1.29, 1.82) is 0 Å². The first kappa shape index (κ1) is 10.9. The lowest BCUT2D eigenvalue weighted by Crippen LogP contribution is -2.39. The molecule has 1 aliphatic heterocycles. The molecule has 0 aliphatic carbocycles. The lowest BCUT2D eigenvalue weighted by molar-refractivity contribution is -0.140. The van der Waals surface area contributed by atoms with Crippen LogP contribution in [0.5, 0.6) is 0 Å². The highest BCUT2D eigenvalue weighted by Crippen LogP contribution is 2.22. The minimum absolute atomic E-state index is 0.0175. The van der Waals surface area contributed by atoms with E-state index in [1.807, 2.05) is 0 Å². The fourth-order valence-electron chi connectivity index (χ4n) is 1.49. The van der Waals surface area contributed by atoms with Gasteiger partial charge in [0.15, 0.2) is 0 Å². The number of rotatable bonds is 3. The fraction of sp³-hybridized carbons (Fsp3) is 0.600. The number of aliphatic hydroxyl groups is 1. The molecule has 0 fully saturated rings. The zero-order chi connectivity index (χ0) is 10.9. The average molecular weight is 197 g/mol. The van der Waals surface area contributed by atoms with E-state index in [0.29, 0.717) is 17.6 Å². The average Bonchev–Trinajstić information content (AvgIpc) is 2.32. The van der Waals surface area contributed by atoms with E-state index in [-0.39, 0.29) is 24.5 Å². The van der Waals surface area contributed by atoms with Crippen LogP contribution in [0.3, 0.4) is 0 Å². The maximum Gasteiger partial charge on any atom is 0.257 e. The van der Waals surface area contributed by atoms with Gasteiger partial charge >= 0.3 is 0 Å². The Balaban J connectivity index is 2.86. The van der Waals surface area contributed by atoms with E-state index in [1.54, 1.807) is 20.8 Å². The topological polar surface area (TPSA) is 57.6 Å². The fourth-order valence-corrected chi connectivity index (χ4v) is 1.49. The van der Waals surface area contributed by atoms with Crippen molar-refractivity contribution in [3.8, 4) is 0 Å². The molecule has 78 valence electrons. The number of hydrogen-bond acceptors (Lipinski definition) is 3. The first-order chi connectivity index (χ1) is 6.50. The second-order valence-corrected chi connectivity index (χ2v) is 3.59. The van der Waals surface area contributed by atoms with Crippen LogP contribution in [0.4, 0.5) is 0 Å². The molecule has 1 unspecified atom stereocenters. The summed E-state index contributed by atoms with van der Waals surface area (Å²) in [5.41, 5.74) is 1.03. The molecule has 1 N–H and O–H groups in total. The van der Waals surface area contributed by atoms with Crippen molar-refractivity contribution in [2.24, 2.45) is 0 Å². The Hall–Kier alpha value is -1.16. The van der Waals surface area contributed by atoms with E-state index in [0.717, 1.165) is 0 Å². The highest BCUT2D eigenvalue weighted by Gasteiger charge is 2.35. The maximum absolute atomic E-state index is 11.6. The first-order valence-corrected chi connectivity index (χ1v) is 4.67. The number of nitrogens with zero attached hydrogens (tertiary/aromatic N) is 1. The zero-order valence-corrected chi connectivity index (χ0v) is 8.70. The van der Waals surface area contributed by atoms with E-state index in [1.165, 1.54) is 4.90 Å². The summed E-state index contributed by atoms with van der Waals surface area (Å²) in [5, 5.41) is 8.74. The second-order valence-electron chi connectivity index (χ2n) is 3.59. The van der Waals surface area contributed by atoms with Gasteiger partial charge in [-0.3, -0.25) is 14.5 Å². The van der Waals surface area contributed by atoms with Crippen LogP contribution >= 0.6 is 0 Å². The predicted octanol–water partition coefficient (Wildman–Crippen LogP) is 0.462. The van der Waals surface area contributed by atoms with Crippen LogP contribution in [0.1, 0.15) is 27.2 Å². The van der Waals surface area contributed by atoms with Gasteiger partial charge in [0.2, 0.25) is 0 Å². The van der Waals surface area contributed by atoms with Crippen molar-refractivity contribution in [3.63, 3.8) is 0 Å². The molecule has 1 aliphatic rings. The number of imide groups is 1. The SMILES string of the molecule is CC1=C(C)C(=O)N(C(C)CCO)C1=O. The molecule has 0 bridgehead atoms. The van der Waals surface area contributed by atoms with E-state index >= 15 is 0 Å². The molecule has 0 aromatic rings. The molecular weight excluding hydrogens is 182 g/mol. The predicted molar refractivity (Wildman–Crippen MR) is 51.4 cm³/mol. The number of amides is 2. The summed E-state index contributed by atoms with van der Waals surface area (Å²) in [6.45, 7) is 5.05. The minimum Gasteiger partial charge on any atom is -0.396 e. The van der Waals surface area contributed by atoms with Crippen molar-refractivity contribution < 1.29 is 14.7 Å². The molecule has 0 saturated carbocycles. The molecular formula is C10H15NO3. The normalized spacial score (nSPS) is 19.6. The molecule has 0 spiro atoms. The number of carbonyl (C=O) groups is 2. The van der Waals surface area contributed by atoms with Crippen molar-refractivity contribution in [2.45, 2.75) is 33.2 Å². The lowest BCUT2D eigenvalue weighted by Gasteiger charge is -2.22. The summed E-state index contributed by atoms with van der Waals surface area (Å²) < 4.78 is 0. The summed E-state index contributed by atoms with van der Waals surface area (Å²) >= 11 is 0. The van der Waals surface area contributed by atoms with E-state index < -0.39 is 0 Å². The van der Waals surface area contributed by atoms with Crippen LogP contribution in [-0.4, -0.2) is 34.5 Å². The van der Waals surface area contributed by atoms with Gasteiger partial charge in [0.1, 0.15) is 0 Å². The lowest BCUT2D eigenvalue weighted by atomic mass is 10.2. The standard InChI is InChI=1S/C10H15NO3/c1-6(4-5-12)11-9(13)7(2)8(3)10(11)14/h6,12H,4-5H2,1-3H3. The molecule has 2 amide bonds. The Bertz CT molecular complexity index is 282. The Morgan fingerprint density at radius 1 is 1.21 bits per heavy atom. The van der Waals surface area contributed by atoms with Gasteiger partial charge in [-0.1, -0.05) is 0 Å². The summed E-state index contributed by atoms with van der Waals surface area (Å²) in [5.74, 6) is -0.457. The van der Waals surface area contributed by atoms with Crippen molar-refractivity contribution >= 4 is 11.8 Å². The smallest absolute Gasteiger partial charge is 0.257 e. The van der Waals surface area contributed by atoms with E-state index in [9.17, 15) is 9.59 Å². The Labute approximate surface area is 83.2 Å². The summed E-state index contributed by atoms with van der Waals surface area (Å²) in [6, 6.07) is -0.229. The molecule has 0 radical (unpaired) electrons. The third-order valence-electron chi connectivity index (χ3n) is 2.63. The van der Waals surface area contributed by atoms with E-state index in [2.05, 4.69) is 0 Å². The number of hydrogen-bond donors (Lipinski definition) is 1. The van der Waals surface area contributed by atoms with Crippen molar-refractivity contribution in [3.05, 3.63) is 11.1 Å². The van der Waals surface area contributed by atoms with Gasteiger partial charge in [-0.25, -0.2) is 0 Å². The molecule has 1 rings (SSSR count). The molecule has 4 heteroatoms. The van der Waals surface area contributed by atoms with Crippen LogP contribution in [0.15, 0.2) is 11.1 Å². The third kappa shape index (κ3) is 1.57. The van der Waals surface area contributed by atoms with Crippen LogP contribution in [0.25, 0.3) is 0 Å². The van der Waals surface area contributed by atoms with Crippen LogP contribution < -0.4 is 0 Å². The van der Waals surface area contributed by atoms with Gasteiger partial charge in [-0.2, -0.15) is 0 Å². The molecule has 0 aromatic carbocycles. The van der Waals surface area contributed by atoms with E-state index in [4.69, 9.17) is 5.11 Å². The van der Waals surface area contributed by atoms with Gasteiger partial charge in [-0.15, -0.1) is 0 Å². The van der Waals surface area contributed by atoms with Gasteiger partial charge in [-0.05, 0) is 27.2 Å². The molecule has 0 saturated heterocycles. The minimum atomic E-state index is -0.229. The zero-order valence-electron chi connectivity index (χ0n) is 8.70. The number of carbonyl (C=O) groups excluding carboxylic acids is 2. The highest BCUT2D eigenvalue weighted by molar-refractivity contribution is 6.18. The molecule has 1 atom stereocenters. The molecule has 0 aromatic heterocycles. The molecule has 1 heterocycles. The van der Waals surface area contributed by atoms with Gasteiger partial charge in [0.05, 0.1) is 0 Å². The number of aliphatic hydroxyl groups excluding tert-OH is 1. The highest BCUT2D eigenvalue weighted by atomic mass is 16.3. The van der Waals surface area contributed by atoms with Gasteiger partial charge < -0.3 is 5.11 Å². The second kappa shape index (κ2) is 3.92. The monoisotopic (exact) mass is 197 g/mol. The van der Waals surface area contributed by atoms with Crippen molar-refractivity contribution in [1.82, 2.24) is 4.90 Å². The van der Waals surface area contributed by atoms with Crippen LogP contribution in [-0.2, 0) is 9.59 Å².